The van der Waals surface area contributed by atoms with Gasteiger partial charge in [0.15, 0.2) is 0 Å². The number of rotatable bonds is 0. The summed E-state index contributed by atoms with van der Waals surface area (Å²) < 4.78 is 11.9. The molecule has 0 bridgehead atoms. The fourth-order valence-electron chi connectivity index (χ4n) is 0.482. The highest BCUT2D eigenvalue weighted by Crippen LogP contribution is 2.03. The van der Waals surface area contributed by atoms with Crippen LogP contribution in [-0.4, -0.2) is 23.6 Å². The Kier molecular flexibility index (Phi) is 1.44. The minimum Gasteiger partial charge on any atom is -0.288 e. The number of halogens is 1. The van der Waals surface area contributed by atoms with E-state index in [1.165, 1.54) is 0 Å². The first-order chi connectivity index (χ1) is 4.22. The second-order valence-corrected chi connectivity index (χ2v) is 1.56. The lowest BCUT2D eigenvalue weighted by Crippen LogP contribution is -2.36. The van der Waals surface area contributed by atoms with E-state index in [-0.39, 0.29) is 13.0 Å². The number of Topliss-reactive ketones (excluding diaryl/α,β-unsaturated/α-hetero) is 1. The van der Waals surface area contributed by atoms with E-state index >= 15 is 0 Å². The predicted octanol–water partition coefficient (Wildman–Crippen LogP) is -0.396. The normalized spacial score (nSPS) is 20.8. The molecule has 9 heavy (non-hydrogen) atoms. The van der Waals surface area contributed by atoms with Crippen molar-refractivity contribution in [2.75, 3.05) is 6.61 Å². The Bertz CT molecular complexity index is 158. The molecule has 4 nitrogen and oxygen atoms in total. The molecule has 0 saturated carbocycles. The van der Waals surface area contributed by atoms with E-state index in [0.717, 1.165) is 0 Å². The first-order valence-corrected chi connectivity index (χ1v) is 2.38. The van der Waals surface area contributed by atoms with Crippen molar-refractivity contribution in [2.24, 2.45) is 0 Å². The summed E-state index contributed by atoms with van der Waals surface area (Å²) in [7, 11) is 0. The van der Waals surface area contributed by atoms with Crippen molar-refractivity contribution in [3.8, 4) is 0 Å². The lowest BCUT2D eigenvalue weighted by molar-refractivity contribution is -0.269. The van der Waals surface area contributed by atoms with Crippen LogP contribution in [0.5, 0.6) is 0 Å². The summed E-state index contributed by atoms with van der Waals surface area (Å²) in [6.45, 7) is -0.0545. The van der Waals surface area contributed by atoms with Gasteiger partial charge in [0.05, 0.1) is 6.61 Å². The van der Waals surface area contributed by atoms with E-state index in [2.05, 4.69) is 4.84 Å². The summed E-state index contributed by atoms with van der Waals surface area (Å²) in [4.78, 5) is 24.6. The van der Waals surface area contributed by atoms with Gasteiger partial charge in [-0.3, -0.25) is 9.59 Å². The number of nitrogens with zero attached hydrogens (tertiary/aromatic N) is 1. The fourth-order valence-corrected chi connectivity index (χ4v) is 0.482. The highest BCUT2D eigenvalue weighted by atomic mass is 19.2. The van der Waals surface area contributed by atoms with Gasteiger partial charge in [-0.15, -0.1) is 0 Å². The minimum atomic E-state index is -1.22. The third kappa shape index (κ3) is 1.05. The highest BCUT2D eigenvalue weighted by Gasteiger charge is 2.27. The van der Waals surface area contributed by atoms with Gasteiger partial charge >= 0.3 is 5.91 Å². The van der Waals surface area contributed by atoms with Gasteiger partial charge in [-0.25, -0.2) is 4.84 Å². The zero-order valence-electron chi connectivity index (χ0n) is 4.46. The van der Waals surface area contributed by atoms with E-state index in [1.54, 1.807) is 0 Å². The monoisotopic (exact) mass is 133 g/mol. The summed E-state index contributed by atoms with van der Waals surface area (Å²) in [6, 6.07) is 0. The molecule has 1 heterocycles. The van der Waals surface area contributed by atoms with Gasteiger partial charge in [0, 0.05) is 6.42 Å². The Balaban J connectivity index is 2.62. The average molecular weight is 133 g/mol. The molecule has 1 aliphatic heterocycles. The molecular formula is C4H4FNO3. The summed E-state index contributed by atoms with van der Waals surface area (Å²) >= 11 is 0. The molecule has 0 radical (unpaired) electrons. The van der Waals surface area contributed by atoms with Crippen LogP contribution in [0.25, 0.3) is 0 Å². The topological polar surface area (TPSA) is 46.6 Å². The minimum absolute atomic E-state index is 0.0285. The van der Waals surface area contributed by atoms with Crippen LogP contribution in [-0.2, 0) is 14.4 Å². The lowest BCUT2D eigenvalue weighted by atomic mass is 10.3. The molecule has 0 atom stereocenters. The van der Waals surface area contributed by atoms with Crippen molar-refractivity contribution in [2.45, 2.75) is 6.42 Å². The molecule has 1 rings (SSSR count). The Morgan fingerprint density at radius 2 is 2.22 bits per heavy atom. The Labute approximate surface area is 50.1 Å². The Morgan fingerprint density at radius 1 is 1.56 bits per heavy atom. The van der Waals surface area contributed by atoms with Gasteiger partial charge < -0.3 is 0 Å². The van der Waals surface area contributed by atoms with E-state index in [4.69, 9.17) is 0 Å². The average Bonchev–Trinajstić information content (AvgIpc) is 1.83. The molecule has 1 saturated heterocycles. The van der Waals surface area contributed by atoms with E-state index in [9.17, 15) is 14.1 Å². The smallest absolute Gasteiger partial charge is 0.288 e. The maximum absolute atomic E-state index is 11.9. The first kappa shape index (κ1) is 6.15. The number of hydrogen-bond acceptors (Lipinski definition) is 3. The molecule has 1 aliphatic rings. The number of hydroxylamine groups is 1. The SMILES string of the molecule is O=C1CCON(F)C1=O. The summed E-state index contributed by atoms with van der Waals surface area (Å²) in [6.07, 6.45) is -0.0285. The number of carbonyl (C=O) groups is 2. The quantitative estimate of drug-likeness (QED) is 0.334. The zero-order valence-corrected chi connectivity index (χ0v) is 4.46. The predicted molar refractivity (Wildman–Crippen MR) is 23.5 cm³/mol. The Hall–Kier alpha value is -0.970. The maximum Gasteiger partial charge on any atom is 0.344 e. The Morgan fingerprint density at radius 3 is 2.67 bits per heavy atom. The van der Waals surface area contributed by atoms with Crippen molar-refractivity contribution in [1.82, 2.24) is 5.29 Å². The van der Waals surface area contributed by atoms with Crippen molar-refractivity contribution >= 4 is 11.7 Å². The van der Waals surface area contributed by atoms with Crippen LogP contribution in [0, 0.1) is 0 Å². The molecule has 1 fully saturated rings. The van der Waals surface area contributed by atoms with Crippen LogP contribution in [0.3, 0.4) is 0 Å². The number of amides is 1. The number of carbonyl (C=O) groups excluding carboxylic acids is 2. The summed E-state index contributed by atoms with van der Waals surface area (Å²) in [5.74, 6) is -1.97. The van der Waals surface area contributed by atoms with Crippen LogP contribution < -0.4 is 0 Å². The fraction of sp³-hybridized carbons (Fsp3) is 0.500. The van der Waals surface area contributed by atoms with Crippen LogP contribution in [0.1, 0.15) is 6.42 Å². The molecule has 0 aromatic heterocycles. The van der Waals surface area contributed by atoms with Gasteiger partial charge in [0.2, 0.25) is 5.78 Å². The van der Waals surface area contributed by atoms with Gasteiger partial charge in [0.25, 0.3) is 0 Å². The van der Waals surface area contributed by atoms with Gasteiger partial charge in [0.1, 0.15) is 0 Å². The zero-order chi connectivity index (χ0) is 6.85. The van der Waals surface area contributed by atoms with Crippen molar-refractivity contribution < 1.29 is 18.9 Å². The van der Waals surface area contributed by atoms with Crippen LogP contribution >= 0.6 is 0 Å². The molecule has 0 unspecified atom stereocenters. The molecule has 0 aromatic carbocycles. The first-order valence-electron chi connectivity index (χ1n) is 2.38. The molecule has 0 aromatic rings. The van der Waals surface area contributed by atoms with Crippen LogP contribution in [0.2, 0.25) is 0 Å². The van der Waals surface area contributed by atoms with Crippen LogP contribution in [0.15, 0.2) is 0 Å². The van der Waals surface area contributed by atoms with Gasteiger partial charge in [-0.1, -0.05) is 4.48 Å². The van der Waals surface area contributed by atoms with Gasteiger partial charge in [-0.05, 0) is 5.29 Å². The number of ketones is 1. The van der Waals surface area contributed by atoms with Gasteiger partial charge in [-0.2, -0.15) is 0 Å². The van der Waals surface area contributed by atoms with Crippen molar-refractivity contribution in [3.05, 3.63) is 0 Å². The highest BCUT2D eigenvalue weighted by molar-refractivity contribution is 6.35. The van der Waals surface area contributed by atoms with E-state index < -0.39 is 17.0 Å². The third-order valence-electron chi connectivity index (χ3n) is 0.932. The molecule has 0 aliphatic carbocycles. The second-order valence-electron chi connectivity index (χ2n) is 1.56. The van der Waals surface area contributed by atoms with Crippen molar-refractivity contribution in [3.63, 3.8) is 0 Å². The summed E-state index contributed by atoms with van der Waals surface area (Å²) in [5.41, 5.74) is 0. The molecule has 50 valence electrons. The maximum atomic E-state index is 11.9. The van der Waals surface area contributed by atoms with E-state index in [1.807, 2.05) is 0 Å². The number of hydrogen-bond donors (Lipinski definition) is 0. The molecule has 5 heteroatoms. The second kappa shape index (κ2) is 2.10. The lowest BCUT2D eigenvalue weighted by Gasteiger charge is -2.14. The standard InChI is InChI=1S/C4H4FNO3/c5-6-4(8)3(7)1-2-9-6/h1-2H2. The molecular weight excluding hydrogens is 129 g/mol. The molecule has 0 N–H and O–H groups in total. The molecule has 1 amide bonds. The van der Waals surface area contributed by atoms with Crippen LogP contribution in [0.4, 0.5) is 4.48 Å². The van der Waals surface area contributed by atoms with Crippen molar-refractivity contribution in [1.29, 1.82) is 0 Å². The molecule has 0 spiro atoms. The van der Waals surface area contributed by atoms with E-state index in [0.29, 0.717) is 0 Å². The largest absolute Gasteiger partial charge is 0.344 e. The summed E-state index contributed by atoms with van der Waals surface area (Å²) in [5, 5.41) is -0.536. The third-order valence-corrected chi connectivity index (χ3v) is 0.932.